The molecule has 23 heavy (non-hydrogen) atoms. The Labute approximate surface area is 139 Å². The Morgan fingerprint density at radius 2 is 2.04 bits per heavy atom. The van der Waals surface area contributed by atoms with Crippen molar-refractivity contribution in [3.63, 3.8) is 0 Å². The lowest BCUT2D eigenvalue weighted by Crippen LogP contribution is -2.38. The van der Waals surface area contributed by atoms with Gasteiger partial charge in [0.05, 0.1) is 19.8 Å². The highest BCUT2D eigenvalue weighted by molar-refractivity contribution is 5.80. The molecule has 1 aliphatic carbocycles. The molecular weight excluding hydrogens is 288 g/mol. The number of aliphatic imine (C=N–C) groups is 1. The van der Waals surface area contributed by atoms with Gasteiger partial charge in [-0.2, -0.15) is 0 Å². The average Bonchev–Trinajstić information content (AvgIpc) is 3.38. The summed E-state index contributed by atoms with van der Waals surface area (Å²) in [4.78, 5) is 7.16. The van der Waals surface area contributed by atoms with Crippen molar-refractivity contribution in [3.05, 3.63) is 35.4 Å². The van der Waals surface area contributed by atoms with Crippen LogP contribution in [0.5, 0.6) is 0 Å². The van der Waals surface area contributed by atoms with Gasteiger partial charge in [-0.15, -0.1) is 0 Å². The van der Waals surface area contributed by atoms with Crippen molar-refractivity contribution in [2.24, 2.45) is 4.99 Å². The molecule has 3 rings (SSSR count). The second-order valence-electron chi connectivity index (χ2n) is 6.32. The average molecular weight is 316 g/mol. The van der Waals surface area contributed by atoms with Crippen LogP contribution in [0.4, 0.5) is 0 Å². The van der Waals surface area contributed by atoms with E-state index in [0.29, 0.717) is 6.04 Å². The molecule has 0 radical (unpaired) electrons. The summed E-state index contributed by atoms with van der Waals surface area (Å²) in [5.74, 6) is 0.939. The van der Waals surface area contributed by atoms with Crippen LogP contribution in [-0.4, -0.2) is 49.7 Å². The second kappa shape index (κ2) is 8.31. The van der Waals surface area contributed by atoms with Crippen molar-refractivity contribution >= 4 is 5.96 Å². The fourth-order valence-electron chi connectivity index (χ4n) is 2.76. The third-order valence-corrected chi connectivity index (χ3v) is 4.18. The highest BCUT2D eigenvalue weighted by Crippen LogP contribution is 2.18. The number of rotatable bonds is 6. The summed E-state index contributed by atoms with van der Waals surface area (Å²) in [6.07, 6.45) is 2.53. The van der Waals surface area contributed by atoms with Gasteiger partial charge in [0, 0.05) is 32.2 Å². The monoisotopic (exact) mass is 316 g/mol. The fraction of sp³-hybridized carbons (Fsp3) is 0.611. The Morgan fingerprint density at radius 1 is 1.26 bits per heavy atom. The molecule has 0 bridgehead atoms. The molecule has 0 aromatic heterocycles. The zero-order valence-electron chi connectivity index (χ0n) is 14.1. The second-order valence-corrected chi connectivity index (χ2v) is 6.32. The van der Waals surface area contributed by atoms with Gasteiger partial charge in [-0.05, 0) is 30.9 Å². The third-order valence-electron chi connectivity index (χ3n) is 4.18. The van der Waals surface area contributed by atoms with Crippen molar-refractivity contribution in [1.82, 2.24) is 15.5 Å². The van der Waals surface area contributed by atoms with Crippen molar-refractivity contribution < 1.29 is 4.74 Å². The van der Waals surface area contributed by atoms with Gasteiger partial charge in [0.25, 0.3) is 0 Å². The molecule has 5 heteroatoms. The molecule has 1 aromatic carbocycles. The third kappa shape index (κ3) is 5.52. The smallest absolute Gasteiger partial charge is 0.191 e. The predicted octanol–water partition coefficient (Wildman–Crippen LogP) is 1.74. The van der Waals surface area contributed by atoms with Crippen LogP contribution in [0.1, 0.15) is 30.9 Å². The molecule has 1 aliphatic heterocycles. The number of hydrogen-bond donors (Lipinski definition) is 2. The maximum atomic E-state index is 5.41. The normalized spacial score (nSPS) is 19.6. The molecule has 2 N–H and O–H groups in total. The van der Waals surface area contributed by atoms with Crippen LogP contribution in [0, 0.1) is 0 Å². The molecule has 0 atom stereocenters. The van der Waals surface area contributed by atoms with E-state index >= 15 is 0 Å². The van der Waals surface area contributed by atoms with E-state index in [0.717, 1.165) is 51.9 Å². The van der Waals surface area contributed by atoms with Crippen LogP contribution in [0.15, 0.2) is 29.3 Å². The SMILES string of the molecule is CCNC(=NCc1cccc(CN2CCOCC2)c1)NC1CC1. The van der Waals surface area contributed by atoms with Gasteiger partial charge in [-0.1, -0.05) is 24.3 Å². The van der Waals surface area contributed by atoms with Crippen LogP contribution in [0.2, 0.25) is 0 Å². The Morgan fingerprint density at radius 3 is 2.78 bits per heavy atom. The van der Waals surface area contributed by atoms with E-state index in [1.165, 1.54) is 24.0 Å². The molecule has 0 amide bonds. The zero-order chi connectivity index (χ0) is 15.9. The van der Waals surface area contributed by atoms with E-state index < -0.39 is 0 Å². The number of ether oxygens (including phenoxy) is 1. The van der Waals surface area contributed by atoms with E-state index in [2.05, 4.69) is 46.7 Å². The highest BCUT2D eigenvalue weighted by atomic mass is 16.5. The minimum absolute atomic E-state index is 0.625. The lowest BCUT2D eigenvalue weighted by Gasteiger charge is -2.26. The van der Waals surface area contributed by atoms with E-state index in [1.54, 1.807) is 0 Å². The van der Waals surface area contributed by atoms with Gasteiger partial charge in [0.1, 0.15) is 0 Å². The predicted molar refractivity (Wildman–Crippen MR) is 93.5 cm³/mol. The number of nitrogens with one attached hydrogen (secondary N) is 2. The number of guanidine groups is 1. The fourth-order valence-corrected chi connectivity index (χ4v) is 2.76. The summed E-state index contributed by atoms with van der Waals surface area (Å²) >= 11 is 0. The zero-order valence-corrected chi connectivity index (χ0v) is 14.1. The van der Waals surface area contributed by atoms with Crippen LogP contribution < -0.4 is 10.6 Å². The molecule has 1 saturated heterocycles. The van der Waals surface area contributed by atoms with Gasteiger partial charge in [0.2, 0.25) is 0 Å². The van der Waals surface area contributed by atoms with E-state index in [1.807, 2.05) is 0 Å². The van der Waals surface area contributed by atoms with Gasteiger partial charge in [0.15, 0.2) is 5.96 Å². The first kappa shape index (κ1) is 16.3. The molecule has 1 aromatic rings. The molecule has 1 saturated carbocycles. The van der Waals surface area contributed by atoms with Crippen LogP contribution in [0.25, 0.3) is 0 Å². The Bertz CT molecular complexity index is 522. The Balaban J connectivity index is 1.57. The summed E-state index contributed by atoms with van der Waals surface area (Å²) in [6, 6.07) is 9.41. The first-order chi connectivity index (χ1) is 11.3. The quantitative estimate of drug-likeness (QED) is 0.620. The minimum Gasteiger partial charge on any atom is -0.379 e. The standard InChI is InChI=1S/C18H28N4O/c1-2-19-18(21-17-6-7-17)20-13-15-4-3-5-16(12-15)14-22-8-10-23-11-9-22/h3-5,12,17H,2,6-11,13-14H2,1H3,(H2,19,20,21). The summed E-state index contributed by atoms with van der Waals surface area (Å²) in [5, 5.41) is 6.78. The minimum atomic E-state index is 0.625. The maximum Gasteiger partial charge on any atom is 0.191 e. The van der Waals surface area contributed by atoms with Crippen molar-refractivity contribution in [2.75, 3.05) is 32.8 Å². The van der Waals surface area contributed by atoms with Crippen molar-refractivity contribution in [3.8, 4) is 0 Å². The first-order valence-corrected chi connectivity index (χ1v) is 8.76. The van der Waals surface area contributed by atoms with Crippen molar-refractivity contribution in [2.45, 2.75) is 38.9 Å². The molecular formula is C18H28N4O. The largest absolute Gasteiger partial charge is 0.379 e. The topological polar surface area (TPSA) is 48.9 Å². The maximum absolute atomic E-state index is 5.41. The van der Waals surface area contributed by atoms with Gasteiger partial charge in [-0.25, -0.2) is 4.99 Å². The molecule has 0 unspecified atom stereocenters. The lowest BCUT2D eigenvalue weighted by molar-refractivity contribution is 0.0342. The summed E-state index contributed by atoms with van der Waals surface area (Å²) in [7, 11) is 0. The van der Waals surface area contributed by atoms with Crippen molar-refractivity contribution in [1.29, 1.82) is 0 Å². The van der Waals surface area contributed by atoms with Crippen LogP contribution in [-0.2, 0) is 17.8 Å². The van der Waals surface area contributed by atoms with E-state index in [-0.39, 0.29) is 0 Å². The van der Waals surface area contributed by atoms with Gasteiger partial charge in [-0.3, -0.25) is 4.90 Å². The molecule has 126 valence electrons. The number of hydrogen-bond acceptors (Lipinski definition) is 3. The van der Waals surface area contributed by atoms with Crippen LogP contribution >= 0.6 is 0 Å². The Hall–Kier alpha value is -1.59. The van der Waals surface area contributed by atoms with Gasteiger partial charge >= 0.3 is 0 Å². The van der Waals surface area contributed by atoms with Gasteiger partial charge < -0.3 is 15.4 Å². The lowest BCUT2D eigenvalue weighted by atomic mass is 10.1. The van der Waals surface area contributed by atoms with E-state index in [9.17, 15) is 0 Å². The van der Waals surface area contributed by atoms with E-state index in [4.69, 9.17) is 9.73 Å². The summed E-state index contributed by atoms with van der Waals surface area (Å²) in [6.45, 7) is 8.48. The molecule has 1 heterocycles. The first-order valence-electron chi connectivity index (χ1n) is 8.76. The number of benzene rings is 1. The molecule has 2 fully saturated rings. The van der Waals surface area contributed by atoms with Crippen LogP contribution in [0.3, 0.4) is 0 Å². The summed E-state index contributed by atoms with van der Waals surface area (Å²) < 4.78 is 5.41. The number of morpholine rings is 1. The Kier molecular flexibility index (Phi) is 5.88. The molecule has 0 spiro atoms. The molecule has 2 aliphatic rings. The summed E-state index contributed by atoms with van der Waals surface area (Å²) in [5.41, 5.74) is 2.63. The number of nitrogens with zero attached hydrogens (tertiary/aromatic N) is 2. The molecule has 5 nitrogen and oxygen atoms in total. The highest BCUT2D eigenvalue weighted by Gasteiger charge is 2.22.